The van der Waals surface area contributed by atoms with Crippen molar-refractivity contribution < 1.29 is 9.53 Å². The molecular formula is C12H12BrClO2. The van der Waals surface area contributed by atoms with Gasteiger partial charge in [-0.1, -0.05) is 15.9 Å². The molecule has 16 heavy (non-hydrogen) atoms. The molecule has 1 aliphatic heterocycles. The van der Waals surface area contributed by atoms with E-state index < -0.39 is 0 Å². The Morgan fingerprint density at radius 1 is 1.50 bits per heavy atom. The van der Waals surface area contributed by atoms with Crippen molar-refractivity contribution in [2.75, 3.05) is 12.5 Å². The van der Waals surface area contributed by atoms with Crippen LogP contribution >= 0.6 is 27.5 Å². The van der Waals surface area contributed by atoms with E-state index in [1.54, 1.807) is 0 Å². The van der Waals surface area contributed by atoms with Crippen LogP contribution in [0.3, 0.4) is 0 Å². The van der Waals surface area contributed by atoms with Gasteiger partial charge in [0, 0.05) is 23.2 Å². The van der Waals surface area contributed by atoms with Crippen LogP contribution in [0.25, 0.3) is 0 Å². The Morgan fingerprint density at radius 3 is 3.06 bits per heavy atom. The predicted octanol–water partition coefficient (Wildman–Crippen LogP) is 3.59. The molecule has 0 saturated heterocycles. The van der Waals surface area contributed by atoms with Crippen molar-refractivity contribution in [2.45, 2.75) is 19.3 Å². The third-order valence-corrected chi connectivity index (χ3v) is 3.31. The molecule has 86 valence electrons. The number of alkyl halides is 1. The number of hydrogen-bond acceptors (Lipinski definition) is 2. The molecule has 0 saturated carbocycles. The Labute approximate surface area is 108 Å². The van der Waals surface area contributed by atoms with Crippen LogP contribution in [0.1, 0.15) is 28.8 Å². The monoisotopic (exact) mass is 302 g/mol. The van der Waals surface area contributed by atoms with E-state index in [4.69, 9.17) is 16.3 Å². The first-order chi connectivity index (χ1) is 7.72. The third kappa shape index (κ3) is 2.41. The van der Waals surface area contributed by atoms with Crippen molar-refractivity contribution in [3.05, 3.63) is 27.7 Å². The number of hydrogen-bond donors (Lipinski definition) is 0. The Bertz CT molecular complexity index is 418. The highest BCUT2D eigenvalue weighted by molar-refractivity contribution is 9.10. The fourth-order valence-electron chi connectivity index (χ4n) is 1.84. The summed E-state index contributed by atoms with van der Waals surface area (Å²) >= 11 is 9.01. The number of rotatable bonds is 4. The first-order valence-electron chi connectivity index (χ1n) is 5.26. The lowest BCUT2D eigenvalue weighted by Crippen LogP contribution is -2.02. The van der Waals surface area contributed by atoms with Gasteiger partial charge >= 0.3 is 0 Å². The molecule has 0 radical (unpaired) electrons. The smallest absolute Gasteiger partial charge is 0.166 e. The maximum Gasteiger partial charge on any atom is 0.166 e. The maximum atomic E-state index is 12.0. The van der Waals surface area contributed by atoms with E-state index in [1.807, 2.05) is 12.1 Å². The van der Waals surface area contributed by atoms with Crippen molar-refractivity contribution in [3.8, 4) is 5.75 Å². The summed E-state index contributed by atoms with van der Waals surface area (Å²) in [7, 11) is 0. The van der Waals surface area contributed by atoms with Crippen LogP contribution in [-0.2, 0) is 6.42 Å². The van der Waals surface area contributed by atoms with Crippen molar-refractivity contribution in [3.63, 3.8) is 0 Å². The first-order valence-corrected chi connectivity index (χ1v) is 6.59. The van der Waals surface area contributed by atoms with Gasteiger partial charge in [0.25, 0.3) is 0 Å². The summed E-state index contributed by atoms with van der Waals surface area (Å²) in [6.45, 7) is 0.668. The van der Waals surface area contributed by atoms with Gasteiger partial charge < -0.3 is 4.74 Å². The summed E-state index contributed by atoms with van der Waals surface area (Å²) in [5.41, 5.74) is 1.80. The van der Waals surface area contributed by atoms with Gasteiger partial charge in [-0.15, -0.1) is 11.6 Å². The summed E-state index contributed by atoms with van der Waals surface area (Å²) in [4.78, 5) is 12.0. The molecule has 1 aliphatic rings. The molecule has 2 rings (SSSR count). The lowest BCUT2D eigenvalue weighted by molar-refractivity contribution is 0.0979. The molecule has 1 aromatic carbocycles. The minimum atomic E-state index is 0.111. The average molecular weight is 304 g/mol. The molecule has 1 aromatic rings. The standard InChI is InChI=1S/C12H12BrClO2/c13-9-6-8-3-5-16-12(8)10(7-9)11(15)2-1-4-14/h6-7H,1-5H2. The summed E-state index contributed by atoms with van der Waals surface area (Å²) in [5, 5.41) is 0. The zero-order chi connectivity index (χ0) is 11.5. The molecule has 4 heteroatoms. The van der Waals surface area contributed by atoms with Crippen molar-refractivity contribution >= 4 is 33.3 Å². The molecule has 0 aliphatic carbocycles. The Balaban J connectivity index is 2.29. The zero-order valence-corrected chi connectivity index (χ0v) is 11.1. The highest BCUT2D eigenvalue weighted by Crippen LogP contribution is 2.33. The van der Waals surface area contributed by atoms with Gasteiger partial charge in [0.05, 0.1) is 12.2 Å². The second-order valence-corrected chi connectivity index (χ2v) is 5.05. The molecule has 1 heterocycles. The lowest BCUT2D eigenvalue weighted by atomic mass is 10.0. The number of fused-ring (bicyclic) bond motifs is 1. The number of halogens is 2. The quantitative estimate of drug-likeness (QED) is 0.628. The number of ether oxygens (including phenoxy) is 1. The fraction of sp³-hybridized carbons (Fsp3) is 0.417. The second-order valence-electron chi connectivity index (χ2n) is 3.76. The normalized spacial score (nSPS) is 13.4. The third-order valence-electron chi connectivity index (χ3n) is 2.59. The molecule has 0 spiro atoms. The summed E-state index contributed by atoms with van der Waals surface area (Å²) in [6, 6.07) is 3.85. The zero-order valence-electron chi connectivity index (χ0n) is 8.76. The van der Waals surface area contributed by atoms with Gasteiger partial charge in [0.1, 0.15) is 5.75 Å². The lowest BCUT2D eigenvalue weighted by Gasteiger charge is -2.07. The topological polar surface area (TPSA) is 26.3 Å². The van der Waals surface area contributed by atoms with Crippen LogP contribution < -0.4 is 4.74 Å². The molecule has 0 atom stereocenters. The number of benzene rings is 1. The van der Waals surface area contributed by atoms with Gasteiger partial charge in [-0.2, -0.15) is 0 Å². The maximum absolute atomic E-state index is 12.0. The average Bonchev–Trinajstić information content (AvgIpc) is 2.72. The van der Waals surface area contributed by atoms with Gasteiger partial charge in [0.15, 0.2) is 5.78 Å². The van der Waals surface area contributed by atoms with Crippen molar-refractivity contribution in [1.29, 1.82) is 0 Å². The van der Waals surface area contributed by atoms with E-state index >= 15 is 0 Å². The number of carbonyl (C=O) groups excluding carboxylic acids is 1. The second kappa shape index (κ2) is 5.19. The van der Waals surface area contributed by atoms with Crippen LogP contribution in [0.15, 0.2) is 16.6 Å². The van der Waals surface area contributed by atoms with Crippen LogP contribution in [-0.4, -0.2) is 18.3 Å². The number of carbonyl (C=O) groups is 1. The predicted molar refractivity (Wildman–Crippen MR) is 67.6 cm³/mol. The van der Waals surface area contributed by atoms with Crippen LogP contribution in [0, 0.1) is 0 Å². The molecule has 0 N–H and O–H groups in total. The summed E-state index contributed by atoms with van der Waals surface area (Å²) in [5.74, 6) is 1.39. The molecule has 0 bridgehead atoms. The molecular weight excluding hydrogens is 291 g/mol. The largest absolute Gasteiger partial charge is 0.492 e. The Morgan fingerprint density at radius 2 is 2.31 bits per heavy atom. The van der Waals surface area contributed by atoms with E-state index in [0.717, 1.165) is 22.2 Å². The fourth-order valence-corrected chi connectivity index (χ4v) is 2.48. The molecule has 2 nitrogen and oxygen atoms in total. The first kappa shape index (κ1) is 11.9. The highest BCUT2D eigenvalue weighted by Gasteiger charge is 2.21. The van der Waals surface area contributed by atoms with E-state index in [9.17, 15) is 4.79 Å². The van der Waals surface area contributed by atoms with Crippen LogP contribution in [0.4, 0.5) is 0 Å². The SMILES string of the molecule is O=C(CCCCl)c1cc(Br)cc2c1OCC2. The van der Waals surface area contributed by atoms with E-state index in [1.165, 1.54) is 0 Å². The van der Waals surface area contributed by atoms with Crippen LogP contribution in [0.2, 0.25) is 0 Å². The van der Waals surface area contributed by atoms with Crippen molar-refractivity contribution in [1.82, 2.24) is 0 Å². The Hall–Kier alpha value is -0.540. The summed E-state index contributed by atoms with van der Waals surface area (Å²) < 4.78 is 6.45. The van der Waals surface area contributed by atoms with Gasteiger partial charge in [-0.25, -0.2) is 0 Å². The van der Waals surface area contributed by atoms with Gasteiger partial charge in [0.2, 0.25) is 0 Å². The van der Waals surface area contributed by atoms with Crippen molar-refractivity contribution in [2.24, 2.45) is 0 Å². The van der Waals surface area contributed by atoms with Crippen LogP contribution in [0.5, 0.6) is 5.75 Å². The van der Waals surface area contributed by atoms with E-state index in [2.05, 4.69) is 15.9 Å². The molecule has 0 fully saturated rings. The number of Topliss-reactive ketones (excluding diaryl/α,β-unsaturated/α-hetero) is 1. The minimum absolute atomic E-state index is 0.111. The van der Waals surface area contributed by atoms with Gasteiger partial charge in [-0.3, -0.25) is 4.79 Å². The number of ketones is 1. The molecule has 0 unspecified atom stereocenters. The molecule has 0 aromatic heterocycles. The molecule has 0 amide bonds. The minimum Gasteiger partial charge on any atom is -0.492 e. The summed E-state index contributed by atoms with van der Waals surface area (Å²) in [6.07, 6.45) is 2.07. The van der Waals surface area contributed by atoms with E-state index in [0.29, 0.717) is 30.9 Å². The Kier molecular flexibility index (Phi) is 3.87. The van der Waals surface area contributed by atoms with Gasteiger partial charge in [-0.05, 0) is 24.1 Å². The van der Waals surface area contributed by atoms with E-state index in [-0.39, 0.29) is 5.78 Å². The highest BCUT2D eigenvalue weighted by atomic mass is 79.9.